The van der Waals surface area contributed by atoms with Gasteiger partial charge in [0.25, 0.3) is 0 Å². The summed E-state index contributed by atoms with van der Waals surface area (Å²) in [6, 6.07) is 13.7. The second-order valence-corrected chi connectivity index (χ2v) is 5.82. The molecule has 3 heteroatoms. The van der Waals surface area contributed by atoms with Gasteiger partial charge in [-0.2, -0.15) is 0 Å². The van der Waals surface area contributed by atoms with Crippen molar-refractivity contribution in [2.24, 2.45) is 0 Å². The van der Waals surface area contributed by atoms with Crippen LogP contribution >= 0.6 is 11.6 Å². The Kier molecular flexibility index (Phi) is 3.56. The van der Waals surface area contributed by atoms with Gasteiger partial charge < -0.3 is 4.57 Å². The van der Waals surface area contributed by atoms with Crippen LogP contribution in [-0.4, -0.2) is 10.4 Å². The van der Waals surface area contributed by atoms with Gasteiger partial charge in [0, 0.05) is 22.3 Å². The Labute approximate surface area is 129 Å². The normalized spacial score (nSPS) is 11.0. The number of aryl methyl sites for hydroxylation is 2. The summed E-state index contributed by atoms with van der Waals surface area (Å²) in [5.74, 6) is 0.116. The number of carbonyl (C=O) groups is 1. The van der Waals surface area contributed by atoms with Gasteiger partial charge in [-0.25, -0.2) is 0 Å². The zero-order valence-electron chi connectivity index (χ0n) is 12.1. The minimum absolute atomic E-state index is 0.116. The molecule has 0 aliphatic carbocycles. The third kappa shape index (κ3) is 2.72. The molecule has 0 aliphatic heterocycles. The average molecular weight is 298 g/mol. The Hall–Kier alpha value is -2.06. The van der Waals surface area contributed by atoms with Crippen molar-refractivity contribution in [2.45, 2.75) is 20.4 Å². The van der Waals surface area contributed by atoms with Crippen molar-refractivity contribution in [3.05, 3.63) is 70.4 Å². The number of Topliss-reactive ketones (excluding diaryl/α,β-unsaturated/α-hetero) is 1. The van der Waals surface area contributed by atoms with Gasteiger partial charge in [-0.1, -0.05) is 41.4 Å². The van der Waals surface area contributed by atoms with Crippen LogP contribution < -0.4 is 0 Å². The Balaban J connectivity index is 1.94. The maximum Gasteiger partial charge on any atom is 0.182 e. The average Bonchev–Trinajstić information content (AvgIpc) is 2.81. The highest BCUT2D eigenvalue weighted by molar-refractivity contribution is 6.31. The lowest BCUT2D eigenvalue weighted by atomic mass is 10.0. The minimum atomic E-state index is 0.116. The molecule has 0 aliphatic rings. The standard InChI is InChI=1S/C18H16ClNO/c1-12-3-6-16(13(2)9-12)18(21)11-20-8-7-14-4-5-15(19)10-17(14)20/h3-10H,11H2,1-2H3. The van der Waals surface area contributed by atoms with E-state index in [0.717, 1.165) is 22.0 Å². The van der Waals surface area contributed by atoms with Crippen LogP contribution in [0.5, 0.6) is 0 Å². The van der Waals surface area contributed by atoms with Crippen molar-refractivity contribution in [3.8, 4) is 0 Å². The molecule has 0 saturated carbocycles. The topological polar surface area (TPSA) is 22.0 Å². The first kappa shape index (κ1) is 13.9. The van der Waals surface area contributed by atoms with Gasteiger partial charge in [-0.3, -0.25) is 4.79 Å². The lowest BCUT2D eigenvalue weighted by Gasteiger charge is -2.08. The smallest absolute Gasteiger partial charge is 0.182 e. The fourth-order valence-corrected chi connectivity index (χ4v) is 2.83. The summed E-state index contributed by atoms with van der Waals surface area (Å²) in [6.07, 6.45) is 1.93. The number of nitrogens with zero attached hydrogens (tertiary/aromatic N) is 1. The molecule has 0 atom stereocenters. The first-order valence-corrected chi connectivity index (χ1v) is 7.27. The first-order valence-electron chi connectivity index (χ1n) is 6.89. The van der Waals surface area contributed by atoms with Crippen molar-refractivity contribution >= 4 is 28.3 Å². The summed E-state index contributed by atoms with van der Waals surface area (Å²) >= 11 is 6.05. The molecule has 1 heterocycles. The maximum atomic E-state index is 12.5. The molecule has 0 bridgehead atoms. The van der Waals surface area contributed by atoms with Crippen molar-refractivity contribution in [1.82, 2.24) is 4.57 Å². The number of rotatable bonds is 3. The van der Waals surface area contributed by atoms with Crippen LogP contribution in [0.1, 0.15) is 21.5 Å². The Morgan fingerprint density at radius 2 is 1.90 bits per heavy atom. The molecule has 2 aromatic carbocycles. The summed E-state index contributed by atoms with van der Waals surface area (Å²) in [5.41, 5.74) is 3.96. The predicted octanol–water partition coefficient (Wildman–Crippen LogP) is 4.79. The van der Waals surface area contributed by atoms with Crippen molar-refractivity contribution in [3.63, 3.8) is 0 Å². The van der Waals surface area contributed by atoms with Gasteiger partial charge in [0.1, 0.15) is 0 Å². The number of hydrogen-bond donors (Lipinski definition) is 0. The highest BCUT2D eigenvalue weighted by Gasteiger charge is 2.11. The van der Waals surface area contributed by atoms with E-state index >= 15 is 0 Å². The van der Waals surface area contributed by atoms with E-state index in [4.69, 9.17) is 11.6 Å². The largest absolute Gasteiger partial charge is 0.340 e. The highest BCUT2D eigenvalue weighted by atomic mass is 35.5. The molecule has 0 spiro atoms. The van der Waals surface area contributed by atoms with E-state index in [1.165, 1.54) is 5.56 Å². The molecule has 0 unspecified atom stereocenters. The highest BCUT2D eigenvalue weighted by Crippen LogP contribution is 2.21. The summed E-state index contributed by atoms with van der Waals surface area (Å²) < 4.78 is 1.95. The zero-order valence-corrected chi connectivity index (χ0v) is 12.8. The number of hydrogen-bond acceptors (Lipinski definition) is 1. The Morgan fingerprint density at radius 1 is 1.10 bits per heavy atom. The lowest BCUT2D eigenvalue weighted by Crippen LogP contribution is -2.11. The number of ketones is 1. The van der Waals surface area contributed by atoms with Crippen LogP contribution in [0.15, 0.2) is 48.7 Å². The molecule has 0 radical (unpaired) electrons. The molecule has 1 aromatic heterocycles. The summed E-state index contributed by atoms with van der Waals surface area (Å²) in [5, 5.41) is 1.77. The first-order chi connectivity index (χ1) is 10.0. The van der Waals surface area contributed by atoms with Gasteiger partial charge in [0.05, 0.1) is 6.54 Å². The number of benzene rings is 2. The van der Waals surface area contributed by atoms with Gasteiger partial charge >= 0.3 is 0 Å². The number of fused-ring (bicyclic) bond motifs is 1. The summed E-state index contributed by atoms with van der Waals surface area (Å²) in [6.45, 7) is 4.33. The summed E-state index contributed by atoms with van der Waals surface area (Å²) in [4.78, 5) is 12.5. The van der Waals surface area contributed by atoms with Crippen molar-refractivity contribution < 1.29 is 4.79 Å². The summed E-state index contributed by atoms with van der Waals surface area (Å²) in [7, 11) is 0. The van der Waals surface area contributed by atoms with E-state index in [-0.39, 0.29) is 5.78 Å². The van der Waals surface area contributed by atoms with Gasteiger partial charge in [0.15, 0.2) is 5.78 Å². The lowest BCUT2D eigenvalue weighted by molar-refractivity contribution is 0.0973. The SMILES string of the molecule is Cc1ccc(C(=O)Cn2ccc3ccc(Cl)cc32)c(C)c1. The molecule has 106 valence electrons. The van der Waals surface area contributed by atoms with Crippen LogP contribution in [0.2, 0.25) is 5.02 Å². The van der Waals surface area contributed by atoms with E-state index in [0.29, 0.717) is 11.6 Å². The minimum Gasteiger partial charge on any atom is -0.340 e. The van der Waals surface area contributed by atoms with Crippen molar-refractivity contribution in [2.75, 3.05) is 0 Å². The van der Waals surface area contributed by atoms with E-state index in [1.807, 2.05) is 67.1 Å². The van der Waals surface area contributed by atoms with Crippen LogP contribution in [0.25, 0.3) is 10.9 Å². The van der Waals surface area contributed by atoms with E-state index in [1.54, 1.807) is 0 Å². The van der Waals surface area contributed by atoms with Crippen LogP contribution in [0, 0.1) is 13.8 Å². The number of carbonyl (C=O) groups excluding carboxylic acids is 1. The van der Waals surface area contributed by atoms with E-state index < -0.39 is 0 Å². The third-order valence-electron chi connectivity index (χ3n) is 3.73. The molecule has 3 rings (SSSR count). The molecule has 2 nitrogen and oxygen atoms in total. The molecule has 0 amide bonds. The zero-order chi connectivity index (χ0) is 15.0. The molecular weight excluding hydrogens is 282 g/mol. The molecule has 0 N–H and O–H groups in total. The second-order valence-electron chi connectivity index (χ2n) is 5.39. The van der Waals surface area contributed by atoms with Crippen LogP contribution in [0.4, 0.5) is 0 Å². The molecule has 21 heavy (non-hydrogen) atoms. The van der Waals surface area contributed by atoms with Crippen LogP contribution in [-0.2, 0) is 6.54 Å². The fraction of sp³-hybridized carbons (Fsp3) is 0.167. The number of halogens is 1. The van der Waals surface area contributed by atoms with E-state index in [2.05, 4.69) is 0 Å². The monoisotopic (exact) mass is 297 g/mol. The van der Waals surface area contributed by atoms with Gasteiger partial charge in [-0.05, 0) is 43.0 Å². The molecule has 0 fully saturated rings. The molecule has 3 aromatic rings. The Morgan fingerprint density at radius 3 is 2.67 bits per heavy atom. The molecular formula is C18H16ClNO. The second kappa shape index (κ2) is 5.38. The van der Waals surface area contributed by atoms with Crippen molar-refractivity contribution in [1.29, 1.82) is 0 Å². The quantitative estimate of drug-likeness (QED) is 0.637. The Bertz CT molecular complexity index is 832. The van der Waals surface area contributed by atoms with Gasteiger partial charge in [0.2, 0.25) is 0 Å². The number of aromatic nitrogens is 1. The molecule has 0 saturated heterocycles. The van der Waals surface area contributed by atoms with E-state index in [9.17, 15) is 4.79 Å². The third-order valence-corrected chi connectivity index (χ3v) is 3.97. The van der Waals surface area contributed by atoms with Crippen LogP contribution in [0.3, 0.4) is 0 Å². The fourth-order valence-electron chi connectivity index (χ4n) is 2.66. The maximum absolute atomic E-state index is 12.5. The predicted molar refractivity (Wildman–Crippen MR) is 87.2 cm³/mol. The van der Waals surface area contributed by atoms with Gasteiger partial charge in [-0.15, -0.1) is 0 Å².